The molecule has 0 aliphatic carbocycles. The first-order valence-corrected chi connectivity index (χ1v) is 5.25. The third-order valence-corrected chi connectivity index (χ3v) is 3.32. The van der Waals surface area contributed by atoms with Crippen molar-refractivity contribution in [2.24, 2.45) is 0 Å². The quantitative estimate of drug-likeness (QED) is 0.564. The van der Waals surface area contributed by atoms with E-state index in [-0.39, 0.29) is 0 Å². The Balaban J connectivity index is 2.80. The molecule has 2 nitrogen and oxygen atoms in total. The Morgan fingerprint density at radius 3 is 2.69 bits per heavy atom. The summed E-state index contributed by atoms with van der Waals surface area (Å²) < 4.78 is 1.05. The largest absolute Gasteiger partial charge is 0.398 e. The molecule has 0 unspecified atom stereocenters. The molecule has 1 aromatic carbocycles. The van der Waals surface area contributed by atoms with Gasteiger partial charge in [0.15, 0.2) is 0 Å². The van der Waals surface area contributed by atoms with Gasteiger partial charge >= 0.3 is 0 Å². The van der Waals surface area contributed by atoms with Gasteiger partial charge in [0.1, 0.15) is 0 Å². The highest BCUT2D eigenvalue weighted by molar-refractivity contribution is 7.18. The highest BCUT2D eigenvalue weighted by Crippen LogP contribution is 2.33. The number of nitrogens with two attached hydrogens (primary N) is 2. The van der Waals surface area contributed by atoms with Gasteiger partial charge in [-0.3, -0.25) is 0 Å². The summed E-state index contributed by atoms with van der Waals surface area (Å²) in [4.78, 5) is 0. The molecule has 0 radical (unpaired) electrons. The minimum atomic E-state index is 0.468. The summed E-state index contributed by atoms with van der Waals surface area (Å²) in [7, 11) is 0. The van der Waals surface area contributed by atoms with Crippen LogP contribution < -0.4 is 11.5 Å². The molecular weight excluding hydrogens is 204 g/mol. The number of nitrogen functional groups attached to an aromatic ring is 2. The fourth-order valence-electron chi connectivity index (χ4n) is 1.32. The van der Waals surface area contributed by atoms with E-state index in [4.69, 9.17) is 23.1 Å². The number of alkyl halides is 1. The van der Waals surface area contributed by atoms with Gasteiger partial charge in [0.2, 0.25) is 0 Å². The molecule has 0 atom stereocenters. The van der Waals surface area contributed by atoms with Crippen molar-refractivity contribution in [3.63, 3.8) is 0 Å². The van der Waals surface area contributed by atoms with Crippen LogP contribution in [-0.2, 0) is 5.88 Å². The van der Waals surface area contributed by atoms with Crippen LogP contribution in [0.4, 0.5) is 11.4 Å². The van der Waals surface area contributed by atoms with Crippen LogP contribution >= 0.6 is 22.9 Å². The molecule has 2 rings (SSSR count). The van der Waals surface area contributed by atoms with Gasteiger partial charge in [-0.25, -0.2) is 0 Å². The zero-order chi connectivity index (χ0) is 9.42. The molecule has 2 aromatic rings. The van der Waals surface area contributed by atoms with Gasteiger partial charge < -0.3 is 11.5 Å². The van der Waals surface area contributed by atoms with Crippen molar-refractivity contribution in [1.29, 1.82) is 0 Å². The van der Waals surface area contributed by atoms with E-state index in [1.54, 1.807) is 11.3 Å². The van der Waals surface area contributed by atoms with Crippen molar-refractivity contribution in [2.45, 2.75) is 5.88 Å². The van der Waals surface area contributed by atoms with E-state index in [0.29, 0.717) is 5.88 Å². The molecule has 0 aliphatic rings. The first kappa shape index (κ1) is 8.66. The average molecular weight is 213 g/mol. The van der Waals surface area contributed by atoms with E-state index in [9.17, 15) is 0 Å². The molecule has 4 N–H and O–H groups in total. The maximum Gasteiger partial charge on any atom is 0.0593 e. The van der Waals surface area contributed by atoms with Gasteiger partial charge in [-0.05, 0) is 17.7 Å². The van der Waals surface area contributed by atoms with Gasteiger partial charge in [-0.2, -0.15) is 0 Å². The molecule has 0 aliphatic heterocycles. The van der Waals surface area contributed by atoms with Gasteiger partial charge in [-0.15, -0.1) is 22.9 Å². The minimum Gasteiger partial charge on any atom is -0.398 e. The normalized spacial score (nSPS) is 10.8. The fourth-order valence-corrected chi connectivity index (χ4v) is 2.35. The third-order valence-electron chi connectivity index (χ3n) is 1.95. The van der Waals surface area contributed by atoms with Crippen LogP contribution in [0, 0.1) is 0 Å². The highest BCUT2D eigenvalue weighted by Gasteiger charge is 2.05. The van der Waals surface area contributed by atoms with Crippen LogP contribution in [0.2, 0.25) is 0 Å². The number of fused-ring (bicyclic) bond motifs is 1. The molecule has 0 fully saturated rings. The fraction of sp³-hybridized carbons (Fsp3) is 0.111. The zero-order valence-corrected chi connectivity index (χ0v) is 8.45. The number of rotatable bonds is 1. The summed E-state index contributed by atoms with van der Waals surface area (Å²) in [6, 6.07) is 3.88. The molecular formula is C9H9ClN2S. The van der Waals surface area contributed by atoms with Crippen LogP contribution in [0.25, 0.3) is 10.1 Å². The van der Waals surface area contributed by atoms with E-state index >= 15 is 0 Å². The van der Waals surface area contributed by atoms with E-state index in [2.05, 4.69) is 0 Å². The first-order chi connectivity index (χ1) is 6.22. The van der Waals surface area contributed by atoms with E-state index < -0.39 is 0 Å². The molecule has 4 heteroatoms. The van der Waals surface area contributed by atoms with Crippen molar-refractivity contribution in [2.75, 3.05) is 11.5 Å². The second-order valence-corrected chi connectivity index (χ2v) is 4.03. The van der Waals surface area contributed by atoms with Crippen molar-refractivity contribution >= 4 is 44.4 Å². The summed E-state index contributed by atoms with van der Waals surface area (Å²) in [5.74, 6) is 0.468. The highest BCUT2D eigenvalue weighted by atomic mass is 35.5. The Bertz CT molecular complexity index is 450. The lowest BCUT2D eigenvalue weighted by Crippen LogP contribution is -1.89. The molecule has 0 saturated carbocycles. The lowest BCUT2D eigenvalue weighted by Gasteiger charge is -2.00. The van der Waals surface area contributed by atoms with E-state index in [0.717, 1.165) is 27.0 Å². The Morgan fingerprint density at radius 2 is 2.00 bits per heavy atom. The number of thiophene rings is 1. The predicted molar refractivity (Wildman–Crippen MR) is 60.2 cm³/mol. The molecule has 1 aromatic heterocycles. The second kappa shape index (κ2) is 3.09. The second-order valence-electron chi connectivity index (χ2n) is 2.89. The lowest BCUT2D eigenvalue weighted by atomic mass is 10.1. The average Bonchev–Trinajstić information content (AvgIpc) is 2.48. The van der Waals surface area contributed by atoms with Crippen LogP contribution in [0.5, 0.6) is 0 Å². The monoisotopic (exact) mass is 212 g/mol. The molecule has 0 amide bonds. The Morgan fingerprint density at radius 1 is 1.23 bits per heavy atom. The van der Waals surface area contributed by atoms with Gasteiger partial charge in [-0.1, -0.05) is 0 Å². The molecule has 0 saturated heterocycles. The molecule has 0 spiro atoms. The first-order valence-electron chi connectivity index (χ1n) is 3.83. The lowest BCUT2D eigenvalue weighted by molar-refractivity contribution is 1.43. The van der Waals surface area contributed by atoms with Crippen molar-refractivity contribution in [3.8, 4) is 0 Å². The van der Waals surface area contributed by atoms with Crippen molar-refractivity contribution in [1.82, 2.24) is 0 Å². The van der Waals surface area contributed by atoms with Crippen LogP contribution in [0.3, 0.4) is 0 Å². The van der Waals surface area contributed by atoms with Gasteiger partial charge in [0.25, 0.3) is 0 Å². The van der Waals surface area contributed by atoms with E-state index in [1.165, 1.54) is 0 Å². The Hall–Kier alpha value is -0.930. The van der Waals surface area contributed by atoms with Gasteiger partial charge in [0, 0.05) is 22.3 Å². The summed E-state index contributed by atoms with van der Waals surface area (Å²) in [6.07, 6.45) is 0. The zero-order valence-electron chi connectivity index (χ0n) is 6.88. The van der Waals surface area contributed by atoms with Crippen LogP contribution in [-0.4, -0.2) is 0 Å². The summed E-state index contributed by atoms with van der Waals surface area (Å²) in [5, 5.41) is 2.92. The number of hydrogen-bond acceptors (Lipinski definition) is 3. The van der Waals surface area contributed by atoms with Gasteiger partial charge in [0.05, 0.1) is 10.4 Å². The standard InChI is InChI=1S/C9H9ClN2S/c10-3-5-1-6-8(12)4-13-9(6)7(11)2-5/h1-2,4H,3,11-12H2. The maximum absolute atomic E-state index is 5.84. The van der Waals surface area contributed by atoms with Crippen molar-refractivity contribution in [3.05, 3.63) is 23.1 Å². The topological polar surface area (TPSA) is 52.0 Å². The summed E-state index contributed by atoms with van der Waals surface area (Å²) in [5.41, 5.74) is 14.2. The van der Waals surface area contributed by atoms with E-state index in [1.807, 2.05) is 17.5 Å². The SMILES string of the molecule is Nc1csc2c(N)cc(CCl)cc12. The molecule has 68 valence electrons. The predicted octanol–water partition coefficient (Wildman–Crippen LogP) is 2.80. The smallest absolute Gasteiger partial charge is 0.0593 e. The van der Waals surface area contributed by atoms with Crippen LogP contribution in [0.15, 0.2) is 17.5 Å². The third kappa shape index (κ3) is 1.34. The van der Waals surface area contributed by atoms with Crippen molar-refractivity contribution < 1.29 is 0 Å². The summed E-state index contributed by atoms with van der Waals surface area (Å²) in [6.45, 7) is 0. The molecule has 0 bridgehead atoms. The number of hydrogen-bond donors (Lipinski definition) is 2. The summed E-state index contributed by atoms with van der Waals surface area (Å²) >= 11 is 7.29. The number of anilines is 2. The minimum absolute atomic E-state index is 0.468. The molecule has 13 heavy (non-hydrogen) atoms. The Kier molecular flexibility index (Phi) is 2.06. The molecule has 1 heterocycles. The maximum atomic E-state index is 5.84. The number of benzene rings is 1. The number of halogens is 1. The Labute approximate surface area is 85.1 Å². The van der Waals surface area contributed by atoms with Crippen LogP contribution in [0.1, 0.15) is 5.56 Å².